The summed E-state index contributed by atoms with van der Waals surface area (Å²) in [5, 5.41) is 0. The van der Waals surface area contributed by atoms with E-state index < -0.39 is 0 Å². The van der Waals surface area contributed by atoms with Crippen molar-refractivity contribution in [1.82, 2.24) is 14.7 Å². The fourth-order valence-corrected chi connectivity index (χ4v) is 4.06. The molecule has 2 heterocycles. The Balaban J connectivity index is 0.00000210. The zero-order valence-corrected chi connectivity index (χ0v) is 19.4. The number of likely N-dealkylation sites (tertiary alicyclic amines) is 1. The summed E-state index contributed by atoms with van der Waals surface area (Å²) in [7, 11) is 1.68. The third kappa shape index (κ3) is 7.00. The van der Waals surface area contributed by atoms with Gasteiger partial charge in [-0.05, 0) is 29.5 Å². The number of ether oxygens (including phenoxy) is 1. The molecule has 0 aliphatic carbocycles. The van der Waals surface area contributed by atoms with Gasteiger partial charge >= 0.3 is 0 Å². The van der Waals surface area contributed by atoms with Gasteiger partial charge in [-0.25, -0.2) is 0 Å². The molecule has 2 N–H and O–H groups in total. The first-order chi connectivity index (χ1) is 12.9. The first-order valence-electron chi connectivity index (χ1n) is 9.98. The lowest BCUT2D eigenvalue weighted by molar-refractivity contribution is -0.135. The Morgan fingerprint density at radius 2 is 1.69 bits per heavy atom. The normalized spacial score (nSPS) is 22.3. The number of methoxy groups -OCH3 is 1. The van der Waals surface area contributed by atoms with E-state index in [0.29, 0.717) is 6.54 Å². The van der Waals surface area contributed by atoms with Crippen LogP contribution in [0.1, 0.15) is 25.8 Å². The Kier molecular flexibility index (Phi) is 10.2. The van der Waals surface area contributed by atoms with Gasteiger partial charge in [0.1, 0.15) is 5.75 Å². The van der Waals surface area contributed by atoms with Gasteiger partial charge in [0.2, 0.25) is 5.91 Å². The maximum Gasteiger partial charge on any atom is 0.236 e. The molecule has 0 spiro atoms. The van der Waals surface area contributed by atoms with Gasteiger partial charge in [0.25, 0.3) is 0 Å². The van der Waals surface area contributed by atoms with Crippen LogP contribution in [0.25, 0.3) is 0 Å². The molecule has 8 heteroatoms. The van der Waals surface area contributed by atoms with Crippen LogP contribution in [0.5, 0.6) is 5.75 Å². The number of carbonyl (C=O) groups is 1. The smallest absolute Gasteiger partial charge is 0.236 e. The molecule has 1 atom stereocenters. The lowest BCUT2D eigenvalue weighted by Gasteiger charge is -2.43. The molecule has 0 aromatic heterocycles. The standard InChI is InChI=1S/C21H34N4O2.2ClH/c1-21(2)16-24(9-8-19(21)22)15-20(26)25-12-10-23(11-13-25)14-17-4-6-18(27-3)7-5-17;;/h4-7,19H,8-16,22H2,1-3H3;2*1H. The van der Waals surface area contributed by atoms with Gasteiger partial charge in [0.05, 0.1) is 13.7 Å². The third-order valence-corrected chi connectivity index (χ3v) is 6.04. The number of piperazine rings is 1. The fraction of sp³-hybridized carbons (Fsp3) is 0.667. The van der Waals surface area contributed by atoms with Gasteiger partial charge in [0.15, 0.2) is 0 Å². The molecule has 0 bridgehead atoms. The largest absolute Gasteiger partial charge is 0.497 e. The predicted octanol–water partition coefficient (Wildman–Crippen LogP) is 2.24. The second-order valence-corrected chi connectivity index (χ2v) is 8.60. The molecule has 1 unspecified atom stereocenters. The lowest BCUT2D eigenvalue weighted by atomic mass is 9.80. The van der Waals surface area contributed by atoms with Crippen LogP contribution in [0.15, 0.2) is 24.3 Å². The van der Waals surface area contributed by atoms with Crippen molar-refractivity contribution < 1.29 is 9.53 Å². The summed E-state index contributed by atoms with van der Waals surface area (Å²) >= 11 is 0. The molecular formula is C21H36Cl2N4O2. The van der Waals surface area contributed by atoms with Crippen molar-refractivity contribution >= 4 is 30.7 Å². The summed E-state index contributed by atoms with van der Waals surface area (Å²) < 4.78 is 5.21. The van der Waals surface area contributed by atoms with Crippen LogP contribution in [0, 0.1) is 5.41 Å². The van der Waals surface area contributed by atoms with Gasteiger partial charge in [-0.3, -0.25) is 14.6 Å². The van der Waals surface area contributed by atoms with E-state index in [1.54, 1.807) is 7.11 Å². The molecule has 1 aromatic rings. The van der Waals surface area contributed by atoms with Gasteiger partial charge < -0.3 is 15.4 Å². The second-order valence-electron chi connectivity index (χ2n) is 8.60. The molecule has 2 saturated heterocycles. The summed E-state index contributed by atoms with van der Waals surface area (Å²) in [4.78, 5) is 19.4. The molecule has 6 nitrogen and oxygen atoms in total. The average molecular weight is 447 g/mol. The highest BCUT2D eigenvalue weighted by atomic mass is 35.5. The van der Waals surface area contributed by atoms with E-state index in [1.807, 2.05) is 17.0 Å². The van der Waals surface area contributed by atoms with Gasteiger partial charge in [0, 0.05) is 51.9 Å². The van der Waals surface area contributed by atoms with Gasteiger partial charge in [-0.2, -0.15) is 0 Å². The van der Waals surface area contributed by atoms with Crippen LogP contribution in [0.2, 0.25) is 0 Å². The maximum atomic E-state index is 12.7. The van der Waals surface area contributed by atoms with E-state index in [2.05, 4.69) is 35.8 Å². The Morgan fingerprint density at radius 3 is 2.24 bits per heavy atom. The topological polar surface area (TPSA) is 62.0 Å². The molecule has 2 aliphatic rings. The summed E-state index contributed by atoms with van der Waals surface area (Å²) in [5.41, 5.74) is 7.57. The monoisotopic (exact) mass is 446 g/mol. The Morgan fingerprint density at radius 1 is 1.07 bits per heavy atom. The Labute approximate surface area is 187 Å². The molecule has 0 radical (unpaired) electrons. The zero-order valence-electron chi connectivity index (χ0n) is 17.8. The highest BCUT2D eigenvalue weighted by Gasteiger charge is 2.34. The number of nitrogens with zero attached hydrogens (tertiary/aromatic N) is 3. The number of amides is 1. The van der Waals surface area contributed by atoms with Crippen LogP contribution >= 0.6 is 24.8 Å². The van der Waals surface area contributed by atoms with Crippen molar-refractivity contribution in [1.29, 1.82) is 0 Å². The van der Waals surface area contributed by atoms with Gasteiger partial charge in [-0.15, -0.1) is 24.8 Å². The van der Waals surface area contributed by atoms with Crippen molar-refractivity contribution in [2.45, 2.75) is 32.9 Å². The van der Waals surface area contributed by atoms with E-state index in [-0.39, 0.29) is 42.2 Å². The lowest BCUT2D eigenvalue weighted by Crippen LogP contribution is -2.56. The van der Waals surface area contributed by atoms with Crippen LogP contribution < -0.4 is 10.5 Å². The van der Waals surface area contributed by atoms with E-state index in [9.17, 15) is 4.79 Å². The number of hydrogen-bond donors (Lipinski definition) is 1. The van der Waals surface area contributed by atoms with Gasteiger partial charge in [-0.1, -0.05) is 26.0 Å². The molecule has 2 aliphatic heterocycles. The Hall–Kier alpha value is -1.05. The summed E-state index contributed by atoms with van der Waals surface area (Å²) in [5.74, 6) is 1.14. The zero-order chi connectivity index (χ0) is 19.4. The van der Waals surface area contributed by atoms with Crippen molar-refractivity contribution in [2.75, 3.05) is 52.9 Å². The number of carbonyl (C=O) groups excluding carboxylic acids is 1. The first-order valence-corrected chi connectivity index (χ1v) is 9.98. The minimum absolute atomic E-state index is 0. The van der Waals surface area contributed by atoms with E-state index in [0.717, 1.165) is 58.0 Å². The summed E-state index contributed by atoms with van der Waals surface area (Å²) in [6, 6.07) is 8.45. The molecular weight excluding hydrogens is 411 g/mol. The van der Waals surface area contributed by atoms with Crippen molar-refractivity contribution in [3.8, 4) is 5.75 Å². The van der Waals surface area contributed by atoms with Crippen molar-refractivity contribution in [2.24, 2.45) is 11.1 Å². The highest BCUT2D eigenvalue weighted by molar-refractivity contribution is 5.85. The predicted molar refractivity (Wildman–Crippen MR) is 122 cm³/mol. The third-order valence-electron chi connectivity index (χ3n) is 6.04. The van der Waals surface area contributed by atoms with E-state index in [1.165, 1.54) is 5.56 Å². The molecule has 1 aromatic carbocycles. The fourth-order valence-electron chi connectivity index (χ4n) is 4.06. The number of halogens is 2. The minimum atomic E-state index is 0. The number of nitrogens with two attached hydrogens (primary N) is 1. The summed E-state index contributed by atoms with van der Waals surface area (Å²) in [6.45, 7) is 11.1. The van der Waals surface area contributed by atoms with Crippen molar-refractivity contribution in [3.63, 3.8) is 0 Å². The molecule has 2 fully saturated rings. The maximum absolute atomic E-state index is 12.7. The van der Waals surface area contributed by atoms with Crippen LogP contribution in [-0.4, -0.2) is 79.6 Å². The second kappa shape index (κ2) is 11.4. The molecule has 166 valence electrons. The number of benzene rings is 1. The molecule has 0 saturated carbocycles. The quantitative estimate of drug-likeness (QED) is 0.750. The first kappa shape index (κ1) is 26.0. The van der Waals surface area contributed by atoms with Crippen LogP contribution in [0.3, 0.4) is 0 Å². The summed E-state index contributed by atoms with van der Waals surface area (Å²) in [6.07, 6.45) is 0.968. The highest BCUT2D eigenvalue weighted by Crippen LogP contribution is 2.27. The molecule has 29 heavy (non-hydrogen) atoms. The molecule has 3 rings (SSSR count). The number of hydrogen-bond acceptors (Lipinski definition) is 5. The van der Waals surface area contributed by atoms with Crippen molar-refractivity contribution in [3.05, 3.63) is 29.8 Å². The average Bonchev–Trinajstić information content (AvgIpc) is 2.66. The number of rotatable bonds is 5. The van der Waals surface area contributed by atoms with E-state index in [4.69, 9.17) is 10.5 Å². The SMILES string of the molecule is COc1ccc(CN2CCN(C(=O)CN3CCC(N)C(C)(C)C3)CC2)cc1.Cl.Cl. The molecule has 1 amide bonds. The van der Waals surface area contributed by atoms with Crippen LogP contribution in [-0.2, 0) is 11.3 Å². The Bertz CT molecular complexity index is 634. The minimum Gasteiger partial charge on any atom is -0.497 e. The van der Waals surface area contributed by atoms with E-state index >= 15 is 0 Å². The van der Waals surface area contributed by atoms with Crippen LogP contribution in [0.4, 0.5) is 0 Å². The number of piperidine rings is 1.